The Kier molecular flexibility index (Phi) is 5.43. The third kappa shape index (κ3) is 4.06. The molecule has 2 aromatic rings. The second-order valence-electron chi connectivity index (χ2n) is 4.34. The molecule has 0 aliphatic heterocycles. The van der Waals surface area contributed by atoms with E-state index in [1.807, 2.05) is 12.1 Å². The molecule has 0 aliphatic rings. The third-order valence-corrected chi connectivity index (χ3v) is 5.14. The first-order valence-corrected chi connectivity index (χ1v) is 8.23. The highest BCUT2D eigenvalue weighted by molar-refractivity contribution is 7.99. The van der Waals surface area contributed by atoms with Crippen molar-refractivity contribution in [2.75, 3.05) is 12.3 Å². The average molecular weight is 295 g/mol. The van der Waals surface area contributed by atoms with Gasteiger partial charge < -0.3 is 5.32 Å². The van der Waals surface area contributed by atoms with Crippen LogP contribution in [0.2, 0.25) is 0 Å². The van der Waals surface area contributed by atoms with Crippen molar-refractivity contribution in [2.24, 2.45) is 0 Å². The number of hydrogen-bond donors (Lipinski definition) is 1. The topological polar surface area (TPSA) is 12.0 Å². The van der Waals surface area contributed by atoms with Crippen molar-refractivity contribution in [1.82, 2.24) is 5.32 Å². The second kappa shape index (κ2) is 7.08. The van der Waals surface area contributed by atoms with Gasteiger partial charge in [-0.05, 0) is 54.7 Å². The first-order chi connectivity index (χ1) is 9.20. The molecule has 1 nitrogen and oxygen atoms in total. The van der Waals surface area contributed by atoms with Crippen LogP contribution in [0.15, 0.2) is 40.6 Å². The lowest BCUT2D eigenvalue weighted by Gasteiger charge is -2.17. The normalized spacial score (nSPS) is 12.6. The van der Waals surface area contributed by atoms with E-state index < -0.39 is 0 Å². The van der Waals surface area contributed by atoms with E-state index in [-0.39, 0.29) is 5.82 Å². The van der Waals surface area contributed by atoms with Crippen LogP contribution in [0.4, 0.5) is 4.39 Å². The summed E-state index contributed by atoms with van der Waals surface area (Å²) in [4.78, 5) is 2.51. The van der Waals surface area contributed by atoms with E-state index in [1.54, 1.807) is 23.1 Å². The van der Waals surface area contributed by atoms with Gasteiger partial charge in [0.1, 0.15) is 5.82 Å². The lowest BCUT2D eigenvalue weighted by Crippen LogP contribution is -2.22. The SMILES string of the molecule is CCNC(CSc1ccc(F)cc1)c1sccc1C. The van der Waals surface area contributed by atoms with E-state index in [9.17, 15) is 4.39 Å². The number of aryl methyl sites for hydroxylation is 1. The van der Waals surface area contributed by atoms with Crippen LogP contribution in [0.25, 0.3) is 0 Å². The minimum atomic E-state index is -0.179. The van der Waals surface area contributed by atoms with Gasteiger partial charge in [-0.2, -0.15) is 0 Å². The molecule has 1 heterocycles. The summed E-state index contributed by atoms with van der Waals surface area (Å²) >= 11 is 3.56. The number of thioether (sulfide) groups is 1. The van der Waals surface area contributed by atoms with Crippen molar-refractivity contribution in [1.29, 1.82) is 0 Å². The Balaban J connectivity index is 2.01. The van der Waals surface area contributed by atoms with Crippen molar-refractivity contribution in [3.63, 3.8) is 0 Å². The molecule has 19 heavy (non-hydrogen) atoms. The highest BCUT2D eigenvalue weighted by atomic mass is 32.2. The van der Waals surface area contributed by atoms with E-state index in [4.69, 9.17) is 0 Å². The Morgan fingerprint density at radius 2 is 2.00 bits per heavy atom. The fraction of sp³-hybridized carbons (Fsp3) is 0.333. The summed E-state index contributed by atoms with van der Waals surface area (Å²) in [6.07, 6.45) is 0. The summed E-state index contributed by atoms with van der Waals surface area (Å²) in [6, 6.07) is 9.23. The zero-order valence-electron chi connectivity index (χ0n) is 11.2. The number of nitrogens with one attached hydrogen (secondary N) is 1. The number of thiophene rings is 1. The van der Waals surface area contributed by atoms with Gasteiger partial charge in [-0.1, -0.05) is 6.92 Å². The Morgan fingerprint density at radius 1 is 1.26 bits per heavy atom. The minimum Gasteiger partial charge on any atom is -0.309 e. The molecule has 0 fully saturated rings. The van der Waals surface area contributed by atoms with Crippen LogP contribution >= 0.6 is 23.1 Å². The molecule has 0 radical (unpaired) electrons. The standard InChI is InChI=1S/C15H18FNS2/c1-3-17-14(15-11(2)8-9-18-15)10-19-13-6-4-12(16)5-7-13/h4-9,14,17H,3,10H2,1-2H3. The number of halogens is 1. The number of hydrogen-bond acceptors (Lipinski definition) is 3. The van der Waals surface area contributed by atoms with E-state index in [1.165, 1.54) is 22.6 Å². The van der Waals surface area contributed by atoms with E-state index in [0.717, 1.165) is 17.2 Å². The van der Waals surface area contributed by atoms with E-state index >= 15 is 0 Å². The molecule has 0 aliphatic carbocycles. The first-order valence-electron chi connectivity index (χ1n) is 6.36. The van der Waals surface area contributed by atoms with E-state index in [2.05, 4.69) is 30.6 Å². The fourth-order valence-corrected chi connectivity index (χ4v) is 4.01. The molecule has 0 spiro atoms. The van der Waals surface area contributed by atoms with Crippen LogP contribution in [0, 0.1) is 12.7 Å². The Bertz CT molecular complexity index is 507. The van der Waals surface area contributed by atoms with Gasteiger partial charge >= 0.3 is 0 Å². The maximum atomic E-state index is 12.9. The molecule has 102 valence electrons. The summed E-state index contributed by atoms with van der Waals surface area (Å²) in [7, 11) is 0. The van der Waals surface area contributed by atoms with Gasteiger partial charge in [0.05, 0.1) is 6.04 Å². The van der Waals surface area contributed by atoms with Gasteiger partial charge in [-0.25, -0.2) is 4.39 Å². The van der Waals surface area contributed by atoms with Crippen molar-refractivity contribution in [3.8, 4) is 0 Å². The largest absolute Gasteiger partial charge is 0.309 e. The summed E-state index contributed by atoms with van der Waals surface area (Å²) in [5.74, 6) is 0.780. The monoisotopic (exact) mass is 295 g/mol. The molecule has 2 rings (SSSR count). The number of rotatable bonds is 6. The quantitative estimate of drug-likeness (QED) is 0.779. The summed E-state index contributed by atoms with van der Waals surface area (Å²) < 4.78 is 12.9. The van der Waals surface area contributed by atoms with Crippen molar-refractivity contribution < 1.29 is 4.39 Å². The smallest absolute Gasteiger partial charge is 0.123 e. The zero-order chi connectivity index (χ0) is 13.7. The zero-order valence-corrected chi connectivity index (χ0v) is 12.8. The molecule has 1 unspecified atom stereocenters. The van der Waals surface area contributed by atoms with Crippen LogP contribution in [0.5, 0.6) is 0 Å². The van der Waals surface area contributed by atoms with Crippen molar-refractivity contribution in [2.45, 2.75) is 24.8 Å². The van der Waals surface area contributed by atoms with Gasteiger partial charge in [-0.15, -0.1) is 23.1 Å². The summed E-state index contributed by atoms with van der Waals surface area (Å²) in [6.45, 7) is 5.23. The Hall–Kier alpha value is -0.840. The minimum absolute atomic E-state index is 0.179. The van der Waals surface area contributed by atoms with Crippen LogP contribution in [0.3, 0.4) is 0 Å². The second-order valence-corrected chi connectivity index (χ2v) is 6.38. The molecule has 1 aromatic carbocycles. The molecular formula is C15H18FNS2. The van der Waals surface area contributed by atoms with Gasteiger partial charge in [0, 0.05) is 15.5 Å². The molecular weight excluding hydrogens is 277 g/mol. The Morgan fingerprint density at radius 3 is 2.58 bits per heavy atom. The van der Waals surface area contributed by atoms with Crippen LogP contribution in [0.1, 0.15) is 23.4 Å². The molecule has 1 aromatic heterocycles. The molecule has 0 saturated carbocycles. The van der Waals surface area contributed by atoms with Gasteiger partial charge in [0.2, 0.25) is 0 Å². The molecule has 4 heteroatoms. The predicted molar refractivity (Wildman–Crippen MR) is 82.6 cm³/mol. The van der Waals surface area contributed by atoms with Crippen LogP contribution in [-0.4, -0.2) is 12.3 Å². The third-order valence-electron chi connectivity index (χ3n) is 2.90. The van der Waals surface area contributed by atoms with E-state index in [0.29, 0.717) is 6.04 Å². The lowest BCUT2D eigenvalue weighted by molar-refractivity contribution is 0.612. The van der Waals surface area contributed by atoms with Crippen LogP contribution in [-0.2, 0) is 0 Å². The van der Waals surface area contributed by atoms with Gasteiger partial charge in [0.15, 0.2) is 0 Å². The summed E-state index contributed by atoms with van der Waals surface area (Å²) in [5, 5.41) is 5.66. The Labute approximate surface area is 122 Å². The lowest BCUT2D eigenvalue weighted by atomic mass is 10.2. The maximum Gasteiger partial charge on any atom is 0.123 e. The van der Waals surface area contributed by atoms with Crippen molar-refractivity contribution in [3.05, 3.63) is 52.0 Å². The highest BCUT2D eigenvalue weighted by Gasteiger charge is 2.14. The van der Waals surface area contributed by atoms with Gasteiger partial charge in [0.25, 0.3) is 0 Å². The maximum absolute atomic E-state index is 12.9. The molecule has 0 amide bonds. The molecule has 1 N–H and O–H groups in total. The first kappa shape index (κ1) is 14.6. The molecule has 1 atom stereocenters. The van der Waals surface area contributed by atoms with Gasteiger partial charge in [-0.3, -0.25) is 0 Å². The number of benzene rings is 1. The molecule has 0 saturated heterocycles. The molecule has 0 bridgehead atoms. The summed E-state index contributed by atoms with van der Waals surface area (Å²) in [5.41, 5.74) is 1.34. The average Bonchev–Trinajstić information content (AvgIpc) is 2.83. The fourth-order valence-electron chi connectivity index (χ4n) is 1.93. The van der Waals surface area contributed by atoms with Crippen LogP contribution < -0.4 is 5.32 Å². The van der Waals surface area contributed by atoms with Crippen molar-refractivity contribution >= 4 is 23.1 Å². The predicted octanol–water partition coefficient (Wildman–Crippen LogP) is 4.64. The highest BCUT2D eigenvalue weighted by Crippen LogP contribution is 2.29.